The Morgan fingerprint density at radius 1 is 1.19 bits per heavy atom. The van der Waals surface area contributed by atoms with Gasteiger partial charge < -0.3 is 0 Å². The Morgan fingerprint density at radius 3 is 2.50 bits per heavy atom. The summed E-state index contributed by atoms with van der Waals surface area (Å²) in [5.41, 5.74) is 1.28. The third-order valence-corrected chi connectivity index (χ3v) is 2.69. The van der Waals surface area contributed by atoms with Crippen LogP contribution in [-0.2, 0) is 6.42 Å². The van der Waals surface area contributed by atoms with Crippen LogP contribution in [0.1, 0.15) is 22.8 Å². The highest BCUT2D eigenvalue weighted by molar-refractivity contribution is 5.99. The molecule has 0 aromatic heterocycles. The van der Waals surface area contributed by atoms with E-state index in [2.05, 4.69) is 0 Å². The van der Waals surface area contributed by atoms with Crippen molar-refractivity contribution in [2.75, 3.05) is 0 Å². The normalized spacial score (nSPS) is 10.7. The summed E-state index contributed by atoms with van der Waals surface area (Å²) < 4.78 is 26.1. The first kappa shape index (κ1) is 10.7. The molecule has 2 rings (SSSR count). The van der Waals surface area contributed by atoms with Crippen molar-refractivity contribution >= 4 is 17.1 Å². The topological polar surface area (TPSA) is 17.1 Å². The minimum Gasteiger partial charge on any atom is -0.298 e. The number of aldehydes is 1. The number of benzene rings is 2. The number of rotatable bonds is 2. The van der Waals surface area contributed by atoms with Gasteiger partial charge in [0.15, 0.2) is 17.9 Å². The molecular formula is C13H10F2O. The molecule has 0 atom stereocenters. The second-order valence-corrected chi connectivity index (χ2v) is 3.60. The van der Waals surface area contributed by atoms with Gasteiger partial charge in [-0.1, -0.05) is 19.1 Å². The number of hydrogen-bond donors (Lipinski definition) is 0. The Bertz CT molecular complexity index is 561. The highest BCUT2D eigenvalue weighted by Gasteiger charge is 2.09. The lowest BCUT2D eigenvalue weighted by molar-refractivity contribution is 0.112. The van der Waals surface area contributed by atoms with Gasteiger partial charge in [0.05, 0.1) is 0 Å². The number of carbonyl (C=O) groups excluding carboxylic acids is 1. The van der Waals surface area contributed by atoms with Gasteiger partial charge >= 0.3 is 0 Å². The van der Waals surface area contributed by atoms with Gasteiger partial charge in [-0.2, -0.15) is 0 Å². The van der Waals surface area contributed by atoms with Crippen LogP contribution in [0.4, 0.5) is 8.78 Å². The standard InChI is InChI=1S/C13H10F2O/c1-2-8-3-4-9-5-12(14)13(15)6-10(9)11(8)7-16/h3-7H,2H2,1H3. The van der Waals surface area contributed by atoms with Gasteiger partial charge in [-0.25, -0.2) is 8.78 Å². The van der Waals surface area contributed by atoms with Crippen molar-refractivity contribution in [3.05, 3.63) is 47.0 Å². The zero-order valence-corrected chi connectivity index (χ0v) is 8.76. The summed E-state index contributed by atoms with van der Waals surface area (Å²) >= 11 is 0. The summed E-state index contributed by atoms with van der Waals surface area (Å²) in [5, 5.41) is 1.01. The molecule has 0 spiro atoms. The van der Waals surface area contributed by atoms with Gasteiger partial charge in [-0.15, -0.1) is 0 Å². The highest BCUT2D eigenvalue weighted by Crippen LogP contribution is 2.24. The monoisotopic (exact) mass is 220 g/mol. The Hall–Kier alpha value is -1.77. The van der Waals surface area contributed by atoms with Crippen LogP contribution in [0.15, 0.2) is 24.3 Å². The summed E-state index contributed by atoms with van der Waals surface area (Å²) in [6, 6.07) is 5.65. The van der Waals surface area contributed by atoms with E-state index < -0.39 is 11.6 Å². The van der Waals surface area contributed by atoms with Crippen molar-refractivity contribution in [3.63, 3.8) is 0 Å². The molecule has 0 aliphatic carbocycles. The van der Waals surface area contributed by atoms with Crippen LogP contribution in [0.5, 0.6) is 0 Å². The Kier molecular flexibility index (Phi) is 2.69. The van der Waals surface area contributed by atoms with Gasteiger partial charge in [0.25, 0.3) is 0 Å². The number of halogens is 2. The molecule has 16 heavy (non-hydrogen) atoms. The van der Waals surface area contributed by atoms with E-state index >= 15 is 0 Å². The smallest absolute Gasteiger partial charge is 0.159 e. The third kappa shape index (κ3) is 1.58. The number of hydrogen-bond acceptors (Lipinski definition) is 1. The predicted molar refractivity (Wildman–Crippen MR) is 58.6 cm³/mol. The van der Waals surface area contributed by atoms with Crippen LogP contribution < -0.4 is 0 Å². The molecule has 0 bridgehead atoms. The summed E-state index contributed by atoms with van der Waals surface area (Å²) in [4.78, 5) is 11.0. The fourth-order valence-corrected chi connectivity index (χ4v) is 1.83. The van der Waals surface area contributed by atoms with Crippen molar-refractivity contribution < 1.29 is 13.6 Å². The minimum absolute atomic E-state index is 0.443. The maximum Gasteiger partial charge on any atom is 0.159 e. The molecular weight excluding hydrogens is 210 g/mol. The van der Waals surface area contributed by atoms with Crippen molar-refractivity contribution in [2.24, 2.45) is 0 Å². The van der Waals surface area contributed by atoms with E-state index in [-0.39, 0.29) is 0 Å². The molecule has 3 heteroatoms. The van der Waals surface area contributed by atoms with Gasteiger partial charge in [0.2, 0.25) is 0 Å². The van der Waals surface area contributed by atoms with Crippen molar-refractivity contribution in [1.29, 1.82) is 0 Å². The van der Waals surface area contributed by atoms with Crippen LogP contribution >= 0.6 is 0 Å². The lowest BCUT2D eigenvalue weighted by Gasteiger charge is -2.07. The molecule has 2 aromatic rings. The quantitative estimate of drug-likeness (QED) is 0.708. The molecule has 1 nitrogen and oxygen atoms in total. The molecule has 0 unspecified atom stereocenters. The largest absolute Gasteiger partial charge is 0.298 e. The summed E-state index contributed by atoms with van der Waals surface area (Å²) in [5.74, 6) is -1.82. The second kappa shape index (κ2) is 4.00. The zero-order valence-electron chi connectivity index (χ0n) is 8.76. The molecule has 82 valence electrons. The molecule has 0 aliphatic rings. The van der Waals surface area contributed by atoms with Crippen LogP contribution in [0.2, 0.25) is 0 Å². The van der Waals surface area contributed by atoms with E-state index in [1.54, 1.807) is 12.1 Å². The van der Waals surface area contributed by atoms with Gasteiger partial charge in [0.1, 0.15) is 0 Å². The van der Waals surface area contributed by atoms with Gasteiger partial charge in [-0.05, 0) is 34.9 Å². The van der Waals surface area contributed by atoms with Gasteiger partial charge in [0, 0.05) is 5.56 Å². The minimum atomic E-state index is -0.927. The molecule has 2 aromatic carbocycles. The molecule has 0 radical (unpaired) electrons. The third-order valence-electron chi connectivity index (χ3n) is 2.69. The Morgan fingerprint density at radius 2 is 1.88 bits per heavy atom. The fraction of sp³-hybridized carbons (Fsp3) is 0.154. The summed E-state index contributed by atoms with van der Waals surface area (Å²) in [6.45, 7) is 1.91. The van der Waals surface area contributed by atoms with Gasteiger partial charge in [-0.3, -0.25) is 4.79 Å². The molecule has 0 saturated carbocycles. The first-order valence-corrected chi connectivity index (χ1v) is 5.03. The average Bonchev–Trinajstić information content (AvgIpc) is 2.29. The number of carbonyl (C=O) groups is 1. The van der Waals surface area contributed by atoms with E-state index in [9.17, 15) is 13.6 Å². The zero-order chi connectivity index (χ0) is 11.7. The van der Waals surface area contributed by atoms with Crippen LogP contribution in [0.25, 0.3) is 10.8 Å². The summed E-state index contributed by atoms with van der Waals surface area (Å²) in [6.07, 6.45) is 1.38. The maximum atomic E-state index is 13.1. The Balaban J connectivity index is 2.86. The molecule has 0 fully saturated rings. The van der Waals surface area contributed by atoms with Crippen molar-refractivity contribution in [1.82, 2.24) is 0 Å². The highest BCUT2D eigenvalue weighted by atomic mass is 19.2. The van der Waals surface area contributed by atoms with E-state index in [1.807, 2.05) is 6.92 Å². The van der Waals surface area contributed by atoms with E-state index in [4.69, 9.17) is 0 Å². The first-order valence-electron chi connectivity index (χ1n) is 5.03. The molecule has 0 N–H and O–H groups in total. The molecule has 0 saturated heterocycles. The van der Waals surface area contributed by atoms with E-state index in [0.29, 0.717) is 29.0 Å². The van der Waals surface area contributed by atoms with Crippen LogP contribution in [0, 0.1) is 11.6 Å². The summed E-state index contributed by atoms with van der Waals surface area (Å²) in [7, 11) is 0. The number of fused-ring (bicyclic) bond motifs is 1. The molecule has 0 heterocycles. The maximum absolute atomic E-state index is 13.1. The Labute approximate surface area is 91.7 Å². The number of aryl methyl sites for hydroxylation is 1. The van der Waals surface area contributed by atoms with E-state index in [0.717, 1.165) is 17.7 Å². The second-order valence-electron chi connectivity index (χ2n) is 3.60. The van der Waals surface area contributed by atoms with Crippen molar-refractivity contribution in [2.45, 2.75) is 13.3 Å². The van der Waals surface area contributed by atoms with Crippen LogP contribution in [-0.4, -0.2) is 6.29 Å². The fourth-order valence-electron chi connectivity index (χ4n) is 1.83. The predicted octanol–water partition coefficient (Wildman–Crippen LogP) is 3.49. The first-order chi connectivity index (χ1) is 7.67. The lowest BCUT2D eigenvalue weighted by atomic mass is 9.98. The SMILES string of the molecule is CCc1ccc2cc(F)c(F)cc2c1C=O. The molecule has 0 amide bonds. The van der Waals surface area contributed by atoms with Crippen LogP contribution in [0.3, 0.4) is 0 Å². The van der Waals surface area contributed by atoms with Crippen molar-refractivity contribution in [3.8, 4) is 0 Å². The lowest BCUT2D eigenvalue weighted by Crippen LogP contribution is -1.94. The molecule has 0 aliphatic heterocycles. The average molecular weight is 220 g/mol. The van der Waals surface area contributed by atoms with E-state index in [1.165, 1.54) is 0 Å².